The average molecular weight is 391 g/mol. The van der Waals surface area contributed by atoms with E-state index in [1.807, 2.05) is 51.1 Å². The van der Waals surface area contributed by atoms with Gasteiger partial charge in [-0.05, 0) is 56.2 Å². The van der Waals surface area contributed by atoms with Crippen LogP contribution in [0.4, 0.5) is 4.79 Å². The van der Waals surface area contributed by atoms with E-state index in [0.717, 1.165) is 11.1 Å². The highest BCUT2D eigenvalue weighted by Gasteiger charge is 2.28. The zero-order valence-electron chi connectivity index (χ0n) is 17.0. The van der Waals surface area contributed by atoms with Crippen LogP contribution in [0.3, 0.4) is 0 Å². The number of hydrogen-bond acceptors (Lipinski definition) is 4. The first-order chi connectivity index (χ1) is 13.8. The Balaban J connectivity index is 1.61. The van der Waals surface area contributed by atoms with Crippen LogP contribution in [-0.2, 0) is 4.74 Å². The van der Waals surface area contributed by atoms with Crippen LogP contribution in [0.5, 0.6) is 0 Å². The Kier molecular flexibility index (Phi) is 5.88. The summed E-state index contributed by atoms with van der Waals surface area (Å²) in [5.74, 6) is -0.0498. The van der Waals surface area contributed by atoms with Crippen LogP contribution in [0, 0.1) is 11.3 Å². The molecule has 2 aromatic rings. The van der Waals surface area contributed by atoms with Gasteiger partial charge in [-0.15, -0.1) is 0 Å². The van der Waals surface area contributed by atoms with Crippen molar-refractivity contribution in [2.75, 3.05) is 26.2 Å². The van der Waals surface area contributed by atoms with Gasteiger partial charge < -0.3 is 14.5 Å². The van der Waals surface area contributed by atoms with E-state index in [-0.39, 0.29) is 12.0 Å². The summed E-state index contributed by atoms with van der Waals surface area (Å²) in [5.41, 5.74) is 2.57. The van der Waals surface area contributed by atoms with Crippen LogP contribution in [0.2, 0.25) is 0 Å². The number of nitriles is 1. The summed E-state index contributed by atoms with van der Waals surface area (Å²) in [6.07, 6.45) is -0.339. The van der Waals surface area contributed by atoms with Crippen molar-refractivity contribution in [3.8, 4) is 17.2 Å². The molecule has 29 heavy (non-hydrogen) atoms. The van der Waals surface area contributed by atoms with E-state index in [9.17, 15) is 9.59 Å². The standard InChI is InChI=1S/C23H25N3O3/c1-23(2,3)29-22(28)26-13-11-25(12-14-26)21(27)19-9-7-18(8-10-19)20-6-4-5-17(15-20)16-24/h4-10,15H,11-14H2,1-3H3. The maximum Gasteiger partial charge on any atom is 0.410 e. The molecule has 1 aliphatic rings. The predicted octanol–water partition coefficient (Wildman–Crippen LogP) is 3.92. The second kappa shape index (κ2) is 8.36. The number of hydrogen-bond donors (Lipinski definition) is 0. The Morgan fingerprint density at radius 1 is 0.931 bits per heavy atom. The number of carbonyl (C=O) groups excluding carboxylic acids is 2. The molecule has 0 unspecified atom stereocenters. The summed E-state index contributed by atoms with van der Waals surface area (Å²) >= 11 is 0. The Morgan fingerprint density at radius 2 is 1.55 bits per heavy atom. The van der Waals surface area contributed by atoms with Gasteiger partial charge >= 0.3 is 6.09 Å². The molecule has 2 aromatic carbocycles. The summed E-state index contributed by atoms with van der Waals surface area (Å²) in [5, 5.41) is 9.05. The van der Waals surface area contributed by atoms with Crippen molar-refractivity contribution >= 4 is 12.0 Å². The lowest BCUT2D eigenvalue weighted by Gasteiger charge is -2.35. The minimum Gasteiger partial charge on any atom is -0.444 e. The highest BCUT2D eigenvalue weighted by molar-refractivity contribution is 5.95. The Hall–Kier alpha value is -3.33. The summed E-state index contributed by atoms with van der Waals surface area (Å²) in [4.78, 5) is 28.4. The molecule has 6 nitrogen and oxygen atoms in total. The van der Waals surface area contributed by atoms with Crippen molar-refractivity contribution in [2.24, 2.45) is 0 Å². The molecule has 1 fully saturated rings. The molecule has 0 atom stereocenters. The molecule has 1 saturated heterocycles. The van der Waals surface area contributed by atoms with Gasteiger partial charge in [-0.25, -0.2) is 4.79 Å². The summed E-state index contributed by atoms with van der Waals surface area (Å²) in [6.45, 7) is 7.38. The Labute approximate surface area is 171 Å². The van der Waals surface area contributed by atoms with Gasteiger partial charge in [0.1, 0.15) is 5.60 Å². The van der Waals surface area contributed by atoms with Gasteiger partial charge in [0.15, 0.2) is 0 Å². The van der Waals surface area contributed by atoms with E-state index in [2.05, 4.69) is 6.07 Å². The summed E-state index contributed by atoms with van der Waals surface area (Å²) in [7, 11) is 0. The van der Waals surface area contributed by atoms with Gasteiger partial charge in [0, 0.05) is 31.7 Å². The number of carbonyl (C=O) groups is 2. The number of nitrogens with zero attached hydrogens (tertiary/aromatic N) is 3. The van der Waals surface area contributed by atoms with Gasteiger partial charge in [0.05, 0.1) is 11.6 Å². The van der Waals surface area contributed by atoms with E-state index < -0.39 is 5.60 Å². The predicted molar refractivity (Wildman–Crippen MR) is 110 cm³/mol. The van der Waals surface area contributed by atoms with Crippen molar-refractivity contribution < 1.29 is 14.3 Å². The third-order valence-corrected chi connectivity index (χ3v) is 4.68. The first-order valence-corrected chi connectivity index (χ1v) is 9.64. The smallest absolute Gasteiger partial charge is 0.410 e. The molecule has 150 valence electrons. The topological polar surface area (TPSA) is 73.6 Å². The SMILES string of the molecule is CC(C)(C)OC(=O)N1CCN(C(=O)c2ccc(-c3cccc(C#N)c3)cc2)CC1. The molecule has 1 aliphatic heterocycles. The molecule has 3 rings (SSSR count). The summed E-state index contributed by atoms with van der Waals surface area (Å²) in [6, 6.07) is 16.9. The van der Waals surface area contributed by atoms with E-state index in [1.54, 1.807) is 28.0 Å². The molecule has 0 N–H and O–H groups in total. The lowest BCUT2D eigenvalue weighted by Crippen LogP contribution is -2.51. The maximum absolute atomic E-state index is 12.8. The molecule has 6 heteroatoms. The zero-order chi connectivity index (χ0) is 21.0. The fourth-order valence-corrected chi connectivity index (χ4v) is 3.17. The third kappa shape index (κ3) is 5.14. The van der Waals surface area contributed by atoms with Gasteiger partial charge in [-0.1, -0.05) is 24.3 Å². The molecule has 0 bridgehead atoms. The molecule has 0 aliphatic carbocycles. The van der Waals surface area contributed by atoms with E-state index in [4.69, 9.17) is 10.00 Å². The fourth-order valence-electron chi connectivity index (χ4n) is 3.17. The number of ether oxygens (including phenoxy) is 1. The van der Waals surface area contributed by atoms with Crippen molar-refractivity contribution in [1.82, 2.24) is 9.80 Å². The van der Waals surface area contributed by atoms with Crippen molar-refractivity contribution in [1.29, 1.82) is 5.26 Å². The molecular formula is C23H25N3O3. The van der Waals surface area contributed by atoms with Crippen LogP contribution >= 0.6 is 0 Å². The molecule has 0 radical (unpaired) electrons. The highest BCUT2D eigenvalue weighted by Crippen LogP contribution is 2.22. The Morgan fingerprint density at radius 3 is 2.14 bits per heavy atom. The zero-order valence-corrected chi connectivity index (χ0v) is 17.0. The monoisotopic (exact) mass is 391 g/mol. The highest BCUT2D eigenvalue weighted by atomic mass is 16.6. The van der Waals surface area contributed by atoms with E-state index >= 15 is 0 Å². The van der Waals surface area contributed by atoms with Crippen molar-refractivity contribution in [3.63, 3.8) is 0 Å². The summed E-state index contributed by atoms with van der Waals surface area (Å²) < 4.78 is 5.39. The first-order valence-electron chi connectivity index (χ1n) is 9.64. The number of rotatable bonds is 2. The van der Waals surface area contributed by atoms with Crippen molar-refractivity contribution in [3.05, 3.63) is 59.7 Å². The van der Waals surface area contributed by atoms with Gasteiger partial charge in [-0.3, -0.25) is 4.79 Å². The van der Waals surface area contributed by atoms with Crippen LogP contribution in [0.25, 0.3) is 11.1 Å². The lowest BCUT2D eigenvalue weighted by molar-refractivity contribution is 0.0141. The molecule has 2 amide bonds. The van der Waals surface area contributed by atoms with Crippen LogP contribution in [0.1, 0.15) is 36.7 Å². The molecule has 0 aromatic heterocycles. The number of amides is 2. The van der Waals surface area contributed by atoms with E-state index in [1.165, 1.54) is 0 Å². The number of benzene rings is 2. The van der Waals surface area contributed by atoms with Crippen molar-refractivity contribution in [2.45, 2.75) is 26.4 Å². The number of piperazine rings is 1. The molecule has 0 saturated carbocycles. The minimum absolute atomic E-state index is 0.0498. The second-order valence-corrected chi connectivity index (χ2v) is 8.03. The quantitative estimate of drug-likeness (QED) is 0.778. The van der Waals surface area contributed by atoms with Gasteiger partial charge in [-0.2, -0.15) is 5.26 Å². The molecule has 0 spiro atoms. The lowest BCUT2D eigenvalue weighted by atomic mass is 10.0. The largest absolute Gasteiger partial charge is 0.444 e. The fraction of sp³-hybridized carbons (Fsp3) is 0.348. The minimum atomic E-state index is -0.529. The van der Waals surface area contributed by atoms with Crippen LogP contribution < -0.4 is 0 Å². The van der Waals surface area contributed by atoms with Gasteiger partial charge in [0.2, 0.25) is 0 Å². The van der Waals surface area contributed by atoms with Crippen LogP contribution in [0.15, 0.2) is 48.5 Å². The Bertz CT molecular complexity index is 931. The normalized spacial score (nSPS) is 14.3. The average Bonchev–Trinajstić information content (AvgIpc) is 2.72. The third-order valence-electron chi connectivity index (χ3n) is 4.68. The first kappa shape index (κ1) is 20.4. The second-order valence-electron chi connectivity index (χ2n) is 8.03. The van der Waals surface area contributed by atoms with Gasteiger partial charge in [0.25, 0.3) is 5.91 Å². The van der Waals surface area contributed by atoms with E-state index in [0.29, 0.717) is 37.3 Å². The van der Waals surface area contributed by atoms with Crippen LogP contribution in [-0.4, -0.2) is 53.6 Å². The molecular weight excluding hydrogens is 366 g/mol. The molecule has 1 heterocycles. The maximum atomic E-state index is 12.8.